The molecule has 0 saturated carbocycles. The van der Waals surface area contributed by atoms with Crippen LogP contribution in [0.15, 0.2) is 36.7 Å². The van der Waals surface area contributed by atoms with Crippen LogP contribution in [-0.2, 0) is 6.54 Å². The summed E-state index contributed by atoms with van der Waals surface area (Å²) < 4.78 is 1.89. The van der Waals surface area contributed by atoms with Crippen molar-refractivity contribution in [1.82, 2.24) is 19.7 Å². The van der Waals surface area contributed by atoms with Crippen molar-refractivity contribution < 1.29 is 0 Å². The Morgan fingerprint density at radius 1 is 1.45 bits per heavy atom. The average molecular weight is 270 g/mol. The molecule has 0 spiro atoms. The number of hydrogen-bond acceptors (Lipinski definition) is 3. The number of unbranched alkanes of at least 4 members (excludes halogenated alkanes) is 1. The second kappa shape index (κ2) is 6.46. The number of allylic oxidation sites excluding steroid dienone is 3. The van der Waals surface area contributed by atoms with Crippen molar-refractivity contribution in [2.24, 2.45) is 0 Å². The standard InChI is InChI=1S/C16H22N4/c1-5-7-8-13(6-2)10-20-11-15-16(19-20)18-14(9-17-15)12(3)4/h6,8-9,11-12H,2,5,7,10H2,1,3-4H3/b13-8+. The molecule has 0 aromatic carbocycles. The maximum absolute atomic E-state index is 4.55. The van der Waals surface area contributed by atoms with Gasteiger partial charge in [0.2, 0.25) is 0 Å². The van der Waals surface area contributed by atoms with Crippen molar-refractivity contribution in [3.63, 3.8) is 0 Å². The van der Waals surface area contributed by atoms with Crippen LogP contribution in [0.4, 0.5) is 0 Å². The van der Waals surface area contributed by atoms with Crippen LogP contribution in [0.1, 0.15) is 45.2 Å². The van der Waals surface area contributed by atoms with Crippen LogP contribution in [0.5, 0.6) is 0 Å². The predicted molar refractivity (Wildman–Crippen MR) is 82.6 cm³/mol. The molecule has 0 atom stereocenters. The lowest BCUT2D eigenvalue weighted by Gasteiger charge is -2.02. The molecule has 4 heteroatoms. The van der Waals surface area contributed by atoms with Crippen LogP contribution in [0.25, 0.3) is 11.2 Å². The van der Waals surface area contributed by atoms with Crippen molar-refractivity contribution in [1.29, 1.82) is 0 Å². The van der Waals surface area contributed by atoms with E-state index in [1.807, 2.05) is 23.2 Å². The Labute approximate surface area is 120 Å². The number of aromatic nitrogens is 4. The summed E-state index contributed by atoms with van der Waals surface area (Å²) in [4.78, 5) is 8.98. The highest BCUT2D eigenvalue weighted by Gasteiger charge is 2.07. The summed E-state index contributed by atoms with van der Waals surface area (Å²) in [6, 6.07) is 0. The Kier molecular flexibility index (Phi) is 4.66. The van der Waals surface area contributed by atoms with E-state index in [0.717, 1.165) is 36.2 Å². The first-order chi connectivity index (χ1) is 9.63. The van der Waals surface area contributed by atoms with E-state index < -0.39 is 0 Å². The maximum atomic E-state index is 4.55. The molecule has 2 rings (SSSR count). The van der Waals surface area contributed by atoms with Gasteiger partial charge >= 0.3 is 0 Å². The van der Waals surface area contributed by atoms with Gasteiger partial charge in [0.25, 0.3) is 0 Å². The fourth-order valence-corrected chi connectivity index (χ4v) is 1.95. The van der Waals surface area contributed by atoms with Gasteiger partial charge < -0.3 is 0 Å². The Morgan fingerprint density at radius 3 is 2.90 bits per heavy atom. The summed E-state index contributed by atoms with van der Waals surface area (Å²) in [5.41, 5.74) is 3.72. The number of rotatable bonds is 6. The average Bonchev–Trinajstić information content (AvgIpc) is 2.84. The molecular weight excluding hydrogens is 248 g/mol. The van der Waals surface area contributed by atoms with E-state index >= 15 is 0 Å². The summed E-state index contributed by atoms with van der Waals surface area (Å²) in [7, 11) is 0. The lowest BCUT2D eigenvalue weighted by Crippen LogP contribution is -2.00. The minimum atomic E-state index is 0.366. The van der Waals surface area contributed by atoms with Gasteiger partial charge in [-0.25, -0.2) is 9.97 Å². The van der Waals surface area contributed by atoms with E-state index in [0.29, 0.717) is 5.92 Å². The van der Waals surface area contributed by atoms with Gasteiger partial charge in [-0.2, -0.15) is 5.10 Å². The molecule has 2 aromatic heterocycles. The van der Waals surface area contributed by atoms with Gasteiger partial charge in [0.15, 0.2) is 5.65 Å². The van der Waals surface area contributed by atoms with Gasteiger partial charge in [0.1, 0.15) is 5.52 Å². The zero-order valence-electron chi connectivity index (χ0n) is 12.5. The molecule has 106 valence electrons. The number of nitrogens with zero attached hydrogens (tertiary/aromatic N) is 4. The molecule has 0 amide bonds. The van der Waals surface area contributed by atoms with Gasteiger partial charge in [0, 0.05) is 6.20 Å². The zero-order chi connectivity index (χ0) is 14.5. The van der Waals surface area contributed by atoms with Crippen molar-refractivity contribution in [3.8, 4) is 0 Å². The molecule has 4 nitrogen and oxygen atoms in total. The third-order valence-electron chi connectivity index (χ3n) is 3.19. The van der Waals surface area contributed by atoms with E-state index in [1.54, 1.807) is 0 Å². The first-order valence-electron chi connectivity index (χ1n) is 7.15. The van der Waals surface area contributed by atoms with Gasteiger partial charge in [-0.3, -0.25) is 4.68 Å². The SMILES string of the molecule is C=C/C(=C\CCC)Cn1cc2ncc(C(C)C)nc2n1. The molecule has 0 radical (unpaired) electrons. The molecule has 2 aromatic rings. The Morgan fingerprint density at radius 2 is 2.25 bits per heavy atom. The Hall–Kier alpha value is -1.97. The lowest BCUT2D eigenvalue weighted by atomic mass is 10.1. The number of hydrogen-bond donors (Lipinski definition) is 0. The van der Waals surface area contributed by atoms with Gasteiger partial charge in [-0.15, -0.1) is 0 Å². The van der Waals surface area contributed by atoms with Gasteiger partial charge in [-0.1, -0.05) is 45.9 Å². The smallest absolute Gasteiger partial charge is 0.200 e. The van der Waals surface area contributed by atoms with Crippen molar-refractivity contribution in [2.45, 2.75) is 46.1 Å². The molecule has 0 aliphatic carbocycles. The van der Waals surface area contributed by atoms with Gasteiger partial charge in [-0.05, 0) is 17.9 Å². The van der Waals surface area contributed by atoms with E-state index in [-0.39, 0.29) is 0 Å². The maximum Gasteiger partial charge on any atom is 0.200 e. The summed E-state index contributed by atoms with van der Waals surface area (Å²) in [5.74, 6) is 0.366. The fourth-order valence-electron chi connectivity index (χ4n) is 1.95. The molecule has 0 saturated heterocycles. The number of fused-ring (bicyclic) bond motifs is 1. The molecule has 0 fully saturated rings. The highest BCUT2D eigenvalue weighted by molar-refractivity contribution is 5.68. The van der Waals surface area contributed by atoms with Crippen LogP contribution in [0.3, 0.4) is 0 Å². The highest BCUT2D eigenvalue weighted by atomic mass is 15.3. The topological polar surface area (TPSA) is 43.6 Å². The highest BCUT2D eigenvalue weighted by Crippen LogP contribution is 2.14. The first-order valence-corrected chi connectivity index (χ1v) is 7.15. The van der Waals surface area contributed by atoms with Crippen LogP contribution in [-0.4, -0.2) is 19.7 Å². The lowest BCUT2D eigenvalue weighted by molar-refractivity contribution is 0.688. The van der Waals surface area contributed by atoms with E-state index in [9.17, 15) is 0 Å². The van der Waals surface area contributed by atoms with Crippen LogP contribution < -0.4 is 0 Å². The molecule has 0 N–H and O–H groups in total. The molecule has 0 aliphatic heterocycles. The second-order valence-corrected chi connectivity index (χ2v) is 5.26. The van der Waals surface area contributed by atoms with Crippen LogP contribution in [0.2, 0.25) is 0 Å². The minimum Gasteiger partial charge on any atom is -0.264 e. The van der Waals surface area contributed by atoms with Crippen molar-refractivity contribution in [2.75, 3.05) is 0 Å². The normalized spacial score (nSPS) is 12.3. The third-order valence-corrected chi connectivity index (χ3v) is 3.19. The first kappa shape index (κ1) is 14.4. The van der Waals surface area contributed by atoms with Crippen molar-refractivity contribution >= 4 is 11.2 Å². The minimum absolute atomic E-state index is 0.366. The zero-order valence-corrected chi connectivity index (χ0v) is 12.5. The van der Waals surface area contributed by atoms with E-state index in [2.05, 4.69) is 48.5 Å². The molecular formula is C16H22N4. The summed E-state index contributed by atoms with van der Waals surface area (Å²) in [5, 5.41) is 4.51. The molecule has 20 heavy (non-hydrogen) atoms. The second-order valence-electron chi connectivity index (χ2n) is 5.26. The molecule has 0 unspecified atom stereocenters. The predicted octanol–water partition coefficient (Wildman–Crippen LogP) is 3.86. The Bertz CT molecular complexity index is 622. The van der Waals surface area contributed by atoms with Crippen LogP contribution >= 0.6 is 0 Å². The summed E-state index contributed by atoms with van der Waals surface area (Å²) in [6.07, 6.45) is 10.1. The molecule has 2 heterocycles. The Balaban J connectivity index is 2.25. The quantitative estimate of drug-likeness (QED) is 0.749. The van der Waals surface area contributed by atoms with Crippen LogP contribution in [0, 0.1) is 0 Å². The monoisotopic (exact) mass is 270 g/mol. The molecule has 0 bridgehead atoms. The summed E-state index contributed by atoms with van der Waals surface area (Å²) in [6.45, 7) is 11.0. The van der Waals surface area contributed by atoms with E-state index in [4.69, 9.17) is 0 Å². The van der Waals surface area contributed by atoms with Crippen molar-refractivity contribution in [3.05, 3.63) is 42.4 Å². The third kappa shape index (κ3) is 3.32. The fraction of sp³-hybridized carbons (Fsp3) is 0.438. The summed E-state index contributed by atoms with van der Waals surface area (Å²) >= 11 is 0. The van der Waals surface area contributed by atoms with Gasteiger partial charge in [0.05, 0.1) is 18.4 Å². The largest absolute Gasteiger partial charge is 0.264 e. The van der Waals surface area contributed by atoms with E-state index in [1.165, 1.54) is 5.57 Å². The molecule has 0 aliphatic rings.